The van der Waals surface area contributed by atoms with Crippen LogP contribution in [0.2, 0.25) is 0 Å². The van der Waals surface area contributed by atoms with Crippen LogP contribution in [0.4, 0.5) is 4.39 Å². The Balaban J connectivity index is 1.58. The fourth-order valence-corrected chi connectivity index (χ4v) is 5.27. The maximum atomic E-state index is 14.5. The van der Waals surface area contributed by atoms with Crippen molar-refractivity contribution in [1.29, 1.82) is 0 Å². The predicted molar refractivity (Wildman–Crippen MR) is 134 cm³/mol. The number of halogens is 2. The molecule has 2 aliphatic heterocycles. The molecule has 2 N–H and O–H groups in total. The number of esters is 1. The lowest BCUT2D eigenvalue weighted by molar-refractivity contribution is -0.157. The number of carbonyl (C=O) groups is 2. The fraction of sp³-hybridized carbons (Fsp3) is 0.385. The monoisotopic (exact) mass is 557 g/mol. The van der Waals surface area contributed by atoms with Crippen LogP contribution in [0.15, 0.2) is 23.0 Å². The topological polar surface area (TPSA) is 111 Å². The summed E-state index contributed by atoms with van der Waals surface area (Å²) in [6, 6.07) is 4.65. The lowest BCUT2D eigenvalue weighted by Gasteiger charge is -2.21. The van der Waals surface area contributed by atoms with Crippen LogP contribution in [0.1, 0.15) is 59.6 Å². The second kappa shape index (κ2) is 9.74. The molecule has 0 spiro atoms. The number of pyridine rings is 2. The van der Waals surface area contributed by atoms with Gasteiger partial charge >= 0.3 is 5.97 Å². The van der Waals surface area contributed by atoms with Gasteiger partial charge in [-0.1, -0.05) is 22.4 Å². The Kier molecular flexibility index (Phi) is 6.65. The maximum absolute atomic E-state index is 14.5. The Morgan fingerprint density at radius 1 is 1.25 bits per heavy atom. The van der Waals surface area contributed by atoms with Gasteiger partial charge in [-0.05, 0) is 43.0 Å². The third-order valence-electron chi connectivity index (χ3n) is 6.85. The first-order chi connectivity index (χ1) is 17.3. The molecule has 2 aliphatic rings. The standard InChI is InChI=1S/C26H25BrFN3O5/c1-13-7-14-16(10-29-22(32)5-3-2-4-6-27)17-11-31-21(23(17)30-20(14)9-19(13)28)8-15-18(25(31)34)12-36-26(35)24(15)33/h7-9,24,33H,2-6,10-12H2,1H3,(H,29,32)/t24-/m0/s1. The van der Waals surface area contributed by atoms with Crippen molar-refractivity contribution in [3.05, 3.63) is 62.2 Å². The molecule has 0 unspecified atom stereocenters. The fourth-order valence-electron chi connectivity index (χ4n) is 4.87. The summed E-state index contributed by atoms with van der Waals surface area (Å²) in [6.07, 6.45) is 1.59. The highest BCUT2D eigenvalue weighted by molar-refractivity contribution is 9.09. The van der Waals surface area contributed by atoms with E-state index in [9.17, 15) is 23.9 Å². The number of fused-ring (bicyclic) bond motifs is 5. The minimum Gasteiger partial charge on any atom is -0.458 e. The largest absolute Gasteiger partial charge is 0.458 e. The average Bonchev–Trinajstić information content (AvgIpc) is 3.22. The van der Waals surface area contributed by atoms with Crippen LogP contribution in [-0.4, -0.2) is 31.9 Å². The summed E-state index contributed by atoms with van der Waals surface area (Å²) in [4.78, 5) is 42.4. The van der Waals surface area contributed by atoms with Gasteiger partial charge in [0, 0.05) is 40.9 Å². The number of ether oxygens (including phenoxy) is 1. The SMILES string of the molecule is Cc1cc2c(CNC(=O)CCCCCBr)c3c(nc2cc1F)-c1cc2c(c(=O)n1C3)COC(=O)[C@H]2O. The molecule has 8 nitrogen and oxygen atoms in total. The number of aliphatic hydroxyl groups is 1. The van der Waals surface area contributed by atoms with Gasteiger partial charge in [-0.25, -0.2) is 14.2 Å². The van der Waals surface area contributed by atoms with Crippen LogP contribution < -0.4 is 10.9 Å². The number of aryl methyl sites for hydroxylation is 1. The molecule has 5 rings (SSSR count). The zero-order chi connectivity index (χ0) is 25.6. The number of amides is 1. The Labute approximate surface area is 214 Å². The normalized spacial score (nSPS) is 15.9. The van der Waals surface area contributed by atoms with E-state index in [-0.39, 0.29) is 42.3 Å². The molecule has 0 fully saturated rings. The summed E-state index contributed by atoms with van der Waals surface area (Å²) in [6.45, 7) is 1.87. The molecule has 2 aromatic heterocycles. The van der Waals surface area contributed by atoms with E-state index in [1.165, 1.54) is 10.6 Å². The molecule has 0 saturated heterocycles. The van der Waals surface area contributed by atoms with Crippen molar-refractivity contribution in [2.24, 2.45) is 0 Å². The molecule has 36 heavy (non-hydrogen) atoms. The van der Waals surface area contributed by atoms with Gasteiger partial charge in [0.2, 0.25) is 5.91 Å². The van der Waals surface area contributed by atoms with Crippen molar-refractivity contribution in [1.82, 2.24) is 14.9 Å². The van der Waals surface area contributed by atoms with Crippen molar-refractivity contribution >= 4 is 38.7 Å². The van der Waals surface area contributed by atoms with Crippen molar-refractivity contribution < 1.29 is 23.8 Å². The summed E-state index contributed by atoms with van der Waals surface area (Å²) < 4.78 is 20.9. The molecule has 0 bridgehead atoms. The van der Waals surface area contributed by atoms with E-state index in [0.717, 1.165) is 35.7 Å². The summed E-state index contributed by atoms with van der Waals surface area (Å²) in [5, 5.41) is 14.9. The molecular formula is C26H25BrFN3O5. The van der Waals surface area contributed by atoms with Crippen LogP contribution in [0.25, 0.3) is 22.3 Å². The number of aromatic nitrogens is 2. The molecule has 1 atom stereocenters. The molecule has 0 radical (unpaired) electrons. The van der Waals surface area contributed by atoms with Crippen LogP contribution in [0, 0.1) is 12.7 Å². The van der Waals surface area contributed by atoms with Gasteiger partial charge in [-0.2, -0.15) is 0 Å². The molecular weight excluding hydrogens is 533 g/mol. The van der Waals surface area contributed by atoms with Crippen molar-refractivity contribution in [2.75, 3.05) is 5.33 Å². The molecule has 4 heterocycles. The number of hydrogen-bond acceptors (Lipinski definition) is 6. The van der Waals surface area contributed by atoms with E-state index in [4.69, 9.17) is 4.74 Å². The molecule has 188 valence electrons. The predicted octanol–water partition coefficient (Wildman–Crippen LogP) is 3.53. The maximum Gasteiger partial charge on any atom is 0.340 e. The molecule has 0 aliphatic carbocycles. The highest BCUT2D eigenvalue weighted by Crippen LogP contribution is 2.38. The average molecular weight is 558 g/mol. The second-order valence-corrected chi connectivity index (χ2v) is 9.97. The van der Waals surface area contributed by atoms with E-state index in [1.54, 1.807) is 19.1 Å². The highest BCUT2D eigenvalue weighted by Gasteiger charge is 2.34. The third kappa shape index (κ3) is 4.22. The molecule has 1 aromatic carbocycles. The van der Waals surface area contributed by atoms with Gasteiger partial charge < -0.3 is 19.7 Å². The Bertz CT molecular complexity index is 1470. The lowest BCUT2D eigenvalue weighted by Crippen LogP contribution is -2.32. The second-order valence-electron chi connectivity index (χ2n) is 9.18. The van der Waals surface area contributed by atoms with E-state index in [2.05, 4.69) is 26.2 Å². The quantitative estimate of drug-likeness (QED) is 0.204. The molecule has 0 saturated carbocycles. The number of unbranched alkanes of at least 4 members (excludes halogenated alkanes) is 2. The number of nitrogens with one attached hydrogen (secondary N) is 1. The van der Waals surface area contributed by atoms with Gasteiger partial charge in [0.25, 0.3) is 5.56 Å². The highest BCUT2D eigenvalue weighted by atomic mass is 79.9. The minimum atomic E-state index is -1.56. The van der Waals surface area contributed by atoms with Gasteiger partial charge in [-0.15, -0.1) is 0 Å². The first-order valence-electron chi connectivity index (χ1n) is 11.9. The first kappa shape index (κ1) is 24.6. The van der Waals surface area contributed by atoms with Gasteiger partial charge in [0.15, 0.2) is 6.10 Å². The van der Waals surface area contributed by atoms with Crippen molar-refractivity contribution in [3.8, 4) is 11.4 Å². The smallest absolute Gasteiger partial charge is 0.340 e. The van der Waals surface area contributed by atoms with Crippen molar-refractivity contribution in [3.63, 3.8) is 0 Å². The number of carbonyl (C=O) groups excluding carboxylic acids is 2. The van der Waals surface area contributed by atoms with Gasteiger partial charge in [0.1, 0.15) is 12.4 Å². The number of rotatable bonds is 7. The Hall–Kier alpha value is -3.11. The van der Waals surface area contributed by atoms with Crippen LogP contribution in [0.5, 0.6) is 0 Å². The van der Waals surface area contributed by atoms with Crippen LogP contribution in [-0.2, 0) is 34.0 Å². The summed E-state index contributed by atoms with van der Waals surface area (Å²) in [5.41, 5.74) is 3.32. The number of hydrogen-bond donors (Lipinski definition) is 2. The lowest BCUT2D eigenvalue weighted by atomic mass is 9.97. The molecule has 3 aromatic rings. The molecule has 1 amide bonds. The Morgan fingerprint density at radius 3 is 2.83 bits per heavy atom. The third-order valence-corrected chi connectivity index (χ3v) is 7.42. The minimum absolute atomic E-state index is 0.0796. The van der Waals surface area contributed by atoms with E-state index < -0.39 is 17.9 Å². The number of benzene rings is 1. The summed E-state index contributed by atoms with van der Waals surface area (Å²) >= 11 is 3.39. The van der Waals surface area contributed by atoms with Gasteiger partial charge in [-0.3, -0.25) is 9.59 Å². The van der Waals surface area contributed by atoms with E-state index in [0.29, 0.717) is 34.3 Å². The summed E-state index contributed by atoms with van der Waals surface area (Å²) in [7, 11) is 0. The van der Waals surface area contributed by atoms with Gasteiger partial charge in [0.05, 0.1) is 29.0 Å². The van der Waals surface area contributed by atoms with E-state index >= 15 is 0 Å². The van der Waals surface area contributed by atoms with E-state index in [1.807, 2.05) is 0 Å². The van der Waals surface area contributed by atoms with Crippen LogP contribution >= 0.6 is 15.9 Å². The number of aliphatic hydroxyl groups excluding tert-OH is 1. The number of nitrogens with zero attached hydrogens (tertiary/aromatic N) is 2. The molecule has 10 heteroatoms. The summed E-state index contributed by atoms with van der Waals surface area (Å²) in [5.74, 6) is -1.30. The number of cyclic esters (lactones) is 1. The zero-order valence-corrected chi connectivity index (χ0v) is 21.3. The first-order valence-corrected chi connectivity index (χ1v) is 13.0. The van der Waals surface area contributed by atoms with Crippen LogP contribution in [0.3, 0.4) is 0 Å². The zero-order valence-electron chi connectivity index (χ0n) is 19.7. The van der Waals surface area contributed by atoms with Crippen molar-refractivity contribution in [2.45, 2.75) is 58.4 Å². The Morgan fingerprint density at radius 2 is 2.06 bits per heavy atom. The number of alkyl halides is 1.